The highest BCUT2D eigenvalue weighted by Crippen LogP contribution is 2.24. The van der Waals surface area contributed by atoms with Crippen LogP contribution in [0.2, 0.25) is 0 Å². The summed E-state index contributed by atoms with van der Waals surface area (Å²) in [5.74, 6) is 0.162. The molecule has 4 nitrogen and oxygen atoms in total. The molecule has 0 spiro atoms. The lowest BCUT2D eigenvalue weighted by atomic mass is 9.98. The molecule has 0 amide bonds. The highest BCUT2D eigenvalue weighted by atomic mass is 32.1. The van der Waals surface area contributed by atoms with Gasteiger partial charge in [-0.25, -0.2) is 0 Å². The maximum absolute atomic E-state index is 12.2. The second kappa shape index (κ2) is 8.76. The van der Waals surface area contributed by atoms with Crippen LogP contribution in [0.25, 0.3) is 0 Å². The summed E-state index contributed by atoms with van der Waals surface area (Å²) in [6, 6.07) is 5.88. The van der Waals surface area contributed by atoms with Crippen molar-refractivity contribution in [2.24, 2.45) is 5.73 Å². The van der Waals surface area contributed by atoms with Crippen LogP contribution in [0.1, 0.15) is 46.3 Å². The maximum Gasteiger partial charge on any atom is 0.173 e. The van der Waals surface area contributed by atoms with Crippen LogP contribution in [0.5, 0.6) is 5.06 Å². The molecule has 0 saturated heterocycles. The number of hydrogen-bond donors (Lipinski definition) is 2. The SMILES string of the molecule is Cc1csc(OCCCC(=O)c2ccc(CCC(C)(N)CO)s2)c1. The van der Waals surface area contributed by atoms with Crippen LogP contribution in [0.15, 0.2) is 23.6 Å². The van der Waals surface area contributed by atoms with Gasteiger partial charge in [-0.2, -0.15) is 0 Å². The van der Waals surface area contributed by atoms with E-state index in [9.17, 15) is 9.90 Å². The summed E-state index contributed by atoms with van der Waals surface area (Å²) in [6.07, 6.45) is 2.70. The van der Waals surface area contributed by atoms with Crippen LogP contribution in [0.3, 0.4) is 0 Å². The van der Waals surface area contributed by atoms with Crippen molar-refractivity contribution >= 4 is 28.5 Å². The predicted octanol–water partition coefficient (Wildman–Crippen LogP) is 3.80. The number of aryl methyl sites for hydroxylation is 2. The van der Waals surface area contributed by atoms with Crippen LogP contribution in [-0.2, 0) is 6.42 Å². The lowest BCUT2D eigenvalue weighted by Crippen LogP contribution is -2.40. The molecule has 1 atom stereocenters. The Bertz CT molecular complexity index is 661. The first kappa shape index (κ1) is 19.1. The van der Waals surface area contributed by atoms with Crippen molar-refractivity contribution in [2.45, 2.75) is 45.1 Å². The average Bonchev–Trinajstić information content (AvgIpc) is 3.18. The summed E-state index contributed by atoms with van der Waals surface area (Å²) >= 11 is 3.11. The van der Waals surface area contributed by atoms with Gasteiger partial charge in [0.05, 0.1) is 18.1 Å². The predicted molar refractivity (Wildman–Crippen MR) is 100 cm³/mol. The average molecular weight is 368 g/mol. The summed E-state index contributed by atoms with van der Waals surface area (Å²) in [4.78, 5) is 14.1. The quantitative estimate of drug-likeness (QED) is 0.495. The molecule has 0 aromatic carbocycles. The number of aliphatic hydroxyl groups is 1. The third kappa shape index (κ3) is 6.02. The van der Waals surface area contributed by atoms with Gasteiger partial charge in [0, 0.05) is 16.8 Å². The van der Waals surface area contributed by atoms with Gasteiger partial charge in [0.25, 0.3) is 0 Å². The van der Waals surface area contributed by atoms with E-state index in [1.165, 1.54) is 16.9 Å². The van der Waals surface area contributed by atoms with E-state index in [1.54, 1.807) is 11.3 Å². The van der Waals surface area contributed by atoms with Crippen LogP contribution < -0.4 is 10.5 Å². The zero-order valence-corrected chi connectivity index (χ0v) is 15.8. The summed E-state index contributed by atoms with van der Waals surface area (Å²) < 4.78 is 5.64. The van der Waals surface area contributed by atoms with Gasteiger partial charge in [0.15, 0.2) is 10.8 Å². The van der Waals surface area contributed by atoms with Crippen LogP contribution >= 0.6 is 22.7 Å². The molecule has 0 aliphatic carbocycles. The molecule has 2 heterocycles. The zero-order chi connectivity index (χ0) is 17.6. The number of aliphatic hydroxyl groups excluding tert-OH is 1. The summed E-state index contributed by atoms with van der Waals surface area (Å²) in [5, 5.41) is 12.1. The molecule has 0 radical (unpaired) electrons. The smallest absolute Gasteiger partial charge is 0.173 e. The van der Waals surface area contributed by atoms with E-state index in [2.05, 4.69) is 5.38 Å². The molecule has 0 aliphatic heterocycles. The maximum atomic E-state index is 12.2. The van der Waals surface area contributed by atoms with E-state index in [1.807, 2.05) is 32.0 Å². The second-order valence-electron chi connectivity index (χ2n) is 6.40. The fraction of sp³-hybridized carbons (Fsp3) is 0.500. The lowest BCUT2D eigenvalue weighted by Gasteiger charge is -2.20. The number of hydrogen-bond acceptors (Lipinski definition) is 6. The number of ether oxygens (including phenoxy) is 1. The number of rotatable bonds is 10. The largest absolute Gasteiger partial charge is 0.484 e. The normalized spacial score (nSPS) is 13.7. The summed E-state index contributed by atoms with van der Waals surface area (Å²) in [6.45, 7) is 4.40. The summed E-state index contributed by atoms with van der Waals surface area (Å²) in [7, 11) is 0. The first-order valence-corrected chi connectivity index (χ1v) is 9.79. The monoisotopic (exact) mass is 367 g/mol. The van der Waals surface area contributed by atoms with Gasteiger partial charge < -0.3 is 15.6 Å². The van der Waals surface area contributed by atoms with Gasteiger partial charge in [-0.15, -0.1) is 22.7 Å². The Kier molecular flexibility index (Phi) is 6.98. The van der Waals surface area contributed by atoms with E-state index in [4.69, 9.17) is 10.5 Å². The van der Waals surface area contributed by atoms with E-state index >= 15 is 0 Å². The Hall–Kier alpha value is -1.21. The lowest BCUT2D eigenvalue weighted by molar-refractivity contribution is 0.0977. The van der Waals surface area contributed by atoms with E-state index < -0.39 is 5.54 Å². The molecule has 0 fully saturated rings. The molecule has 2 aromatic rings. The van der Waals surface area contributed by atoms with Gasteiger partial charge in [0.2, 0.25) is 0 Å². The molecule has 6 heteroatoms. The zero-order valence-electron chi connectivity index (χ0n) is 14.2. The van der Waals surface area contributed by atoms with Gasteiger partial charge in [0.1, 0.15) is 0 Å². The molecule has 24 heavy (non-hydrogen) atoms. The third-order valence-electron chi connectivity index (χ3n) is 3.74. The number of carbonyl (C=O) groups is 1. The van der Waals surface area contributed by atoms with Crippen molar-refractivity contribution in [3.05, 3.63) is 38.9 Å². The topological polar surface area (TPSA) is 72.5 Å². The van der Waals surface area contributed by atoms with Gasteiger partial charge in [-0.1, -0.05) is 0 Å². The molecule has 0 saturated carbocycles. The first-order valence-electron chi connectivity index (χ1n) is 8.09. The van der Waals surface area contributed by atoms with Crippen molar-refractivity contribution in [3.8, 4) is 5.06 Å². The number of carbonyl (C=O) groups excluding carboxylic acids is 1. The van der Waals surface area contributed by atoms with E-state index in [0.29, 0.717) is 25.9 Å². The van der Waals surface area contributed by atoms with Crippen LogP contribution in [-0.4, -0.2) is 29.6 Å². The standard InChI is InChI=1S/C18H25NO3S2/c1-13-10-17(23-11-13)22-9-3-4-15(21)16-6-5-14(24-16)7-8-18(2,19)12-20/h5-6,10-11,20H,3-4,7-9,12,19H2,1-2H3. The minimum Gasteiger partial charge on any atom is -0.484 e. The van der Waals surface area contributed by atoms with Crippen molar-refractivity contribution in [1.82, 2.24) is 0 Å². The molecule has 132 valence electrons. The third-order valence-corrected chi connectivity index (χ3v) is 5.88. The Balaban J connectivity index is 1.72. The Morgan fingerprint density at radius 2 is 2.21 bits per heavy atom. The Labute approximate surface area is 151 Å². The van der Waals surface area contributed by atoms with Gasteiger partial charge in [-0.05, 0) is 62.3 Å². The van der Waals surface area contributed by atoms with Crippen LogP contribution in [0.4, 0.5) is 0 Å². The first-order chi connectivity index (χ1) is 11.4. The fourth-order valence-electron chi connectivity index (χ4n) is 2.16. The van der Waals surface area contributed by atoms with Gasteiger partial charge >= 0.3 is 0 Å². The Morgan fingerprint density at radius 3 is 2.88 bits per heavy atom. The Morgan fingerprint density at radius 1 is 1.42 bits per heavy atom. The number of Topliss-reactive ketones (excluding diaryl/α,β-unsaturated/α-hetero) is 1. The van der Waals surface area contributed by atoms with Crippen molar-refractivity contribution in [1.29, 1.82) is 0 Å². The number of nitrogens with two attached hydrogens (primary N) is 1. The number of thiophene rings is 2. The summed E-state index contributed by atoms with van der Waals surface area (Å²) in [5.41, 5.74) is 6.57. The molecule has 2 aromatic heterocycles. The molecule has 0 bridgehead atoms. The molecule has 2 rings (SSSR count). The van der Waals surface area contributed by atoms with Crippen molar-refractivity contribution in [3.63, 3.8) is 0 Å². The molecular weight excluding hydrogens is 342 g/mol. The molecule has 0 aliphatic rings. The fourth-order valence-corrected chi connectivity index (χ4v) is 3.91. The highest BCUT2D eigenvalue weighted by molar-refractivity contribution is 7.14. The number of ketones is 1. The van der Waals surface area contributed by atoms with E-state index in [0.717, 1.165) is 21.2 Å². The minimum atomic E-state index is -0.564. The van der Waals surface area contributed by atoms with Crippen LogP contribution in [0, 0.1) is 6.92 Å². The van der Waals surface area contributed by atoms with Gasteiger partial charge in [-0.3, -0.25) is 4.79 Å². The highest BCUT2D eigenvalue weighted by Gasteiger charge is 2.17. The van der Waals surface area contributed by atoms with E-state index in [-0.39, 0.29) is 12.4 Å². The molecular formula is C18H25NO3S2. The molecule has 1 unspecified atom stereocenters. The second-order valence-corrected chi connectivity index (χ2v) is 8.44. The van der Waals surface area contributed by atoms with Crippen molar-refractivity contribution < 1.29 is 14.6 Å². The molecule has 3 N–H and O–H groups in total. The van der Waals surface area contributed by atoms with Crippen molar-refractivity contribution in [2.75, 3.05) is 13.2 Å². The minimum absolute atomic E-state index is 0.0338.